The Morgan fingerprint density at radius 3 is 2.33 bits per heavy atom. The average Bonchev–Trinajstić information content (AvgIpc) is 3.32. The highest BCUT2D eigenvalue weighted by Crippen LogP contribution is 2.34. The molecule has 0 aliphatic carbocycles. The molecule has 5 rings (SSSR count). The van der Waals surface area contributed by atoms with Crippen LogP contribution in [0.4, 0.5) is 5.82 Å². The number of furan rings is 1. The normalized spacial score (nSPS) is 15.1. The van der Waals surface area contributed by atoms with Gasteiger partial charge in [-0.05, 0) is 48.6 Å². The highest BCUT2D eigenvalue weighted by atomic mass is 16.3. The second-order valence-electron chi connectivity index (χ2n) is 9.44. The molecule has 1 aliphatic rings. The summed E-state index contributed by atoms with van der Waals surface area (Å²) in [4.78, 5) is 19.8. The maximum Gasteiger partial charge on any atom is 0.170 e. The highest BCUT2D eigenvalue weighted by molar-refractivity contribution is 5.99. The molecular weight excluding hydrogens is 452 g/mol. The van der Waals surface area contributed by atoms with E-state index >= 15 is 0 Å². The van der Waals surface area contributed by atoms with E-state index in [4.69, 9.17) is 4.42 Å². The summed E-state index contributed by atoms with van der Waals surface area (Å²) in [5.41, 5.74) is 3.26. The van der Waals surface area contributed by atoms with Crippen molar-refractivity contribution in [2.45, 2.75) is 38.4 Å². The summed E-state index contributed by atoms with van der Waals surface area (Å²) < 4.78 is 5.85. The summed E-state index contributed by atoms with van der Waals surface area (Å²) in [7, 11) is 0. The van der Waals surface area contributed by atoms with Crippen LogP contribution >= 0.6 is 0 Å². The number of ketones is 1. The fourth-order valence-electron chi connectivity index (χ4n) is 4.81. The van der Waals surface area contributed by atoms with Crippen LogP contribution in [0.1, 0.15) is 45.7 Å². The molecule has 1 saturated heterocycles. The summed E-state index contributed by atoms with van der Waals surface area (Å²) in [6.45, 7) is 3.22. The van der Waals surface area contributed by atoms with Crippen molar-refractivity contribution in [1.29, 1.82) is 0 Å². The summed E-state index contributed by atoms with van der Waals surface area (Å²) in [5.74, 6) is 2.06. The van der Waals surface area contributed by atoms with Crippen molar-refractivity contribution in [3.63, 3.8) is 0 Å². The van der Waals surface area contributed by atoms with Crippen LogP contribution in [-0.2, 0) is 18.6 Å². The first kappa shape index (κ1) is 24.0. The minimum atomic E-state index is -0.799. The van der Waals surface area contributed by atoms with E-state index in [9.17, 15) is 15.0 Å². The minimum absolute atomic E-state index is 0.0122. The first-order valence-corrected chi connectivity index (χ1v) is 12.3. The zero-order valence-electron chi connectivity index (χ0n) is 20.4. The van der Waals surface area contributed by atoms with Gasteiger partial charge in [-0.15, -0.1) is 0 Å². The number of aliphatic hydroxyl groups is 2. The SMILES string of the molecule is Cc1oc(-c2ccc(CO)cc2)cc1C(=O)Cc1ccc(N2CCC(O)(c3ccccc3)CC2)nc1. The van der Waals surface area contributed by atoms with E-state index in [-0.39, 0.29) is 18.8 Å². The van der Waals surface area contributed by atoms with E-state index in [2.05, 4.69) is 9.88 Å². The maximum atomic E-state index is 13.0. The Bertz CT molecular complexity index is 1320. The summed E-state index contributed by atoms with van der Waals surface area (Å²) in [6, 6.07) is 23.0. The molecule has 0 amide bonds. The zero-order valence-corrected chi connectivity index (χ0v) is 20.4. The molecule has 2 aromatic heterocycles. The van der Waals surface area contributed by atoms with Crippen molar-refractivity contribution in [3.05, 3.63) is 107 Å². The highest BCUT2D eigenvalue weighted by Gasteiger charge is 2.34. The van der Waals surface area contributed by atoms with Gasteiger partial charge in [0.1, 0.15) is 17.3 Å². The molecule has 2 N–H and O–H groups in total. The van der Waals surface area contributed by atoms with Gasteiger partial charge in [0, 0.05) is 31.3 Å². The second kappa shape index (κ2) is 10.1. The van der Waals surface area contributed by atoms with Crippen LogP contribution in [0.25, 0.3) is 11.3 Å². The Hall–Kier alpha value is -3.74. The van der Waals surface area contributed by atoms with E-state index in [1.54, 1.807) is 19.2 Å². The van der Waals surface area contributed by atoms with Crippen molar-refractivity contribution < 1.29 is 19.4 Å². The molecule has 1 aliphatic heterocycles. The molecule has 6 heteroatoms. The predicted octanol–water partition coefficient (Wildman–Crippen LogP) is 5.06. The number of carbonyl (C=O) groups excluding carboxylic acids is 1. The number of benzene rings is 2. The van der Waals surface area contributed by atoms with Crippen molar-refractivity contribution in [2.24, 2.45) is 0 Å². The third-order valence-electron chi connectivity index (χ3n) is 7.04. The van der Waals surface area contributed by atoms with Crippen LogP contribution in [0.2, 0.25) is 0 Å². The lowest BCUT2D eigenvalue weighted by atomic mass is 9.84. The van der Waals surface area contributed by atoms with E-state index in [0.717, 1.165) is 28.1 Å². The number of pyridine rings is 1. The predicted molar refractivity (Wildman–Crippen MR) is 139 cm³/mol. The number of aryl methyl sites for hydroxylation is 1. The van der Waals surface area contributed by atoms with E-state index < -0.39 is 5.60 Å². The van der Waals surface area contributed by atoms with E-state index in [1.807, 2.05) is 66.7 Å². The molecule has 0 spiro atoms. The molecule has 6 nitrogen and oxygen atoms in total. The van der Waals surface area contributed by atoms with Crippen LogP contribution in [-0.4, -0.2) is 34.1 Å². The Labute approximate surface area is 210 Å². The molecule has 2 aromatic carbocycles. The second-order valence-corrected chi connectivity index (χ2v) is 9.44. The topological polar surface area (TPSA) is 86.8 Å². The summed E-state index contributed by atoms with van der Waals surface area (Å²) in [5, 5.41) is 20.3. The molecule has 184 valence electrons. The molecule has 1 fully saturated rings. The Morgan fingerprint density at radius 1 is 1.00 bits per heavy atom. The van der Waals surface area contributed by atoms with Gasteiger partial charge < -0.3 is 19.5 Å². The molecule has 0 bridgehead atoms. The van der Waals surface area contributed by atoms with Crippen molar-refractivity contribution in [1.82, 2.24) is 4.98 Å². The number of nitrogens with zero attached hydrogens (tertiary/aromatic N) is 2. The minimum Gasteiger partial charge on any atom is -0.461 e. The molecule has 0 radical (unpaired) electrons. The number of aromatic nitrogens is 1. The van der Waals surface area contributed by atoms with Gasteiger partial charge in [-0.1, -0.05) is 60.7 Å². The van der Waals surface area contributed by atoms with Crippen molar-refractivity contribution in [3.8, 4) is 11.3 Å². The van der Waals surface area contributed by atoms with Crippen LogP contribution < -0.4 is 4.90 Å². The largest absolute Gasteiger partial charge is 0.461 e. The maximum absolute atomic E-state index is 13.0. The Kier molecular flexibility index (Phi) is 6.72. The Morgan fingerprint density at radius 2 is 1.69 bits per heavy atom. The number of aliphatic hydroxyl groups excluding tert-OH is 1. The van der Waals surface area contributed by atoms with Crippen molar-refractivity contribution >= 4 is 11.6 Å². The lowest BCUT2D eigenvalue weighted by Crippen LogP contribution is -2.42. The van der Waals surface area contributed by atoms with Gasteiger partial charge in [-0.25, -0.2) is 4.98 Å². The molecule has 36 heavy (non-hydrogen) atoms. The van der Waals surface area contributed by atoms with Gasteiger partial charge in [0.25, 0.3) is 0 Å². The van der Waals surface area contributed by atoms with Crippen molar-refractivity contribution in [2.75, 3.05) is 18.0 Å². The summed E-state index contributed by atoms with van der Waals surface area (Å²) >= 11 is 0. The fraction of sp³-hybridized carbons (Fsp3) is 0.267. The standard InChI is InChI=1S/C30H30N2O4/c1-21-26(18-28(36-21)24-10-7-22(20-33)8-11-24)27(34)17-23-9-12-29(31-19-23)32-15-13-30(35,14-16-32)25-5-3-2-4-6-25/h2-12,18-19,33,35H,13-17,20H2,1H3. The third kappa shape index (κ3) is 4.96. The van der Waals surface area contributed by atoms with Crippen LogP contribution in [0.15, 0.2) is 83.4 Å². The smallest absolute Gasteiger partial charge is 0.170 e. The van der Waals surface area contributed by atoms with Gasteiger partial charge in [0.2, 0.25) is 0 Å². The first-order chi connectivity index (χ1) is 17.4. The quantitative estimate of drug-likeness (QED) is 0.358. The number of piperidine rings is 1. The monoisotopic (exact) mass is 482 g/mol. The van der Waals surface area contributed by atoms with Gasteiger partial charge in [0.15, 0.2) is 5.78 Å². The van der Waals surface area contributed by atoms with Crippen LogP contribution in [0.3, 0.4) is 0 Å². The number of hydrogen-bond donors (Lipinski definition) is 2. The summed E-state index contributed by atoms with van der Waals surface area (Å²) in [6.07, 6.45) is 3.28. The number of carbonyl (C=O) groups is 1. The van der Waals surface area contributed by atoms with Gasteiger partial charge in [-0.3, -0.25) is 4.79 Å². The first-order valence-electron chi connectivity index (χ1n) is 12.3. The van der Waals surface area contributed by atoms with Gasteiger partial charge >= 0.3 is 0 Å². The number of hydrogen-bond acceptors (Lipinski definition) is 6. The number of rotatable bonds is 7. The van der Waals surface area contributed by atoms with Gasteiger partial charge in [0.05, 0.1) is 17.8 Å². The molecule has 4 aromatic rings. The molecule has 3 heterocycles. The lowest BCUT2D eigenvalue weighted by molar-refractivity contribution is 0.0116. The lowest BCUT2D eigenvalue weighted by Gasteiger charge is -2.39. The molecule has 0 unspecified atom stereocenters. The van der Waals surface area contributed by atoms with Crippen LogP contribution in [0.5, 0.6) is 0 Å². The van der Waals surface area contributed by atoms with Crippen LogP contribution in [0, 0.1) is 6.92 Å². The third-order valence-corrected chi connectivity index (χ3v) is 7.04. The van der Waals surface area contributed by atoms with Gasteiger partial charge in [-0.2, -0.15) is 0 Å². The molecule has 0 saturated carbocycles. The fourth-order valence-corrected chi connectivity index (χ4v) is 4.81. The molecular formula is C30H30N2O4. The zero-order chi connectivity index (χ0) is 25.1. The Balaban J connectivity index is 1.22. The van der Waals surface area contributed by atoms with E-state index in [1.165, 1.54) is 0 Å². The molecule has 0 atom stereocenters. The van der Waals surface area contributed by atoms with E-state index in [0.29, 0.717) is 43.0 Å². The average molecular weight is 483 g/mol. The number of Topliss-reactive ketones (excluding diaryl/α,β-unsaturated/α-hetero) is 1. The number of anilines is 1.